The van der Waals surface area contributed by atoms with E-state index in [0.717, 1.165) is 30.5 Å². The number of halogens is 6. The molecule has 0 radical (unpaired) electrons. The fraction of sp³-hybridized carbons (Fsp3) is 0.250. The normalized spacial score (nSPS) is 18.6. The van der Waals surface area contributed by atoms with Crippen LogP contribution in [0.5, 0.6) is 0 Å². The second kappa shape index (κ2) is 10.8. The third-order valence-electron chi connectivity index (χ3n) is 7.51. The Bertz CT molecular complexity index is 1810. The van der Waals surface area contributed by atoms with Crippen LogP contribution in [-0.2, 0) is 22.4 Å². The van der Waals surface area contributed by atoms with Gasteiger partial charge in [-0.25, -0.2) is 13.4 Å². The lowest BCUT2D eigenvalue weighted by molar-refractivity contribution is -0.138. The predicted octanol–water partition coefficient (Wildman–Crippen LogP) is 6.15. The topological polar surface area (TPSA) is 95.5 Å². The maximum atomic E-state index is 13.7. The number of nitrogens with one attached hydrogen (secondary N) is 1. The molecule has 0 spiro atoms. The Morgan fingerprint density at radius 2 is 1.64 bits per heavy atom. The summed E-state index contributed by atoms with van der Waals surface area (Å²) in [7, 11) is -4.36. The molecule has 230 valence electrons. The zero-order chi connectivity index (χ0) is 31.4. The lowest BCUT2D eigenvalue weighted by Crippen LogP contribution is -2.49. The van der Waals surface area contributed by atoms with E-state index < -0.39 is 45.1 Å². The van der Waals surface area contributed by atoms with Gasteiger partial charge in [0.2, 0.25) is 0 Å². The molecular formula is C28H21F6N5O3S2. The molecule has 2 saturated heterocycles. The summed E-state index contributed by atoms with van der Waals surface area (Å²) < 4.78 is 107. The van der Waals surface area contributed by atoms with Gasteiger partial charge in [0.05, 0.1) is 40.2 Å². The van der Waals surface area contributed by atoms with Crippen LogP contribution >= 0.6 is 11.3 Å². The molecule has 2 aromatic carbocycles. The molecule has 2 aliphatic rings. The smallest absolute Gasteiger partial charge is 0.341 e. The Balaban J connectivity index is 1.21. The van der Waals surface area contributed by atoms with Crippen LogP contribution < -0.4 is 9.62 Å². The first kappa shape index (κ1) is 29.9. The van der Waals surface area contributed by atoms with Crippen molar-refractivity contribution < 1.29 is 39.6 Å². The minimum Gasteiger partial charge on any atom is -0.341 e. The summed E-state index contributed by atoms with van der Waals surface area (Å²) in [6.45, 7) is 0.586. The van der Waals surface area contributed by atoms with Crippen LogP contribution in [0.15, 0.2) is 77.3 Å². The summed E-state index contributed by atoms with van der Waals surface area (Å²) >= 11 is 1.31. The fourth-order valence-electron chi connectivity index (χ4n) is 5.36. The number of benzene rings is 2. The molecule has 0 aliphatic carbocycles. The highest BCUT2D eigenvalue weighted by Gasteiger charge is 2.47. The van der Waals surface area contributed by atoms with Gasteiger partial charge in [-0.2, -0.15) is 26.3 Å². The zero-order valence-electron chi connectivity index (χ0n) is 22.3. The van der Waals surface area contributed by atoms with E-state index in [4.69, 9.17) is 0 Å². The van der Waals surface area contributed by atoms with E-state index in [1.807, 2.05) is 4.90 Å². The number of sulfonamides is 1. The van der Waals surface area contributed by atoms with Gasteiger partial charge in [-0.3, -0.25) is 14.5 Å². The summed E-state index contributed by atoms with van der Waals surface area (Å²) in [5.74, 6) is -0.626. The number of carbonyl (C=O) groups is 1. The van der Waals surface area contributed by atoms with Gasteiger partial charge in [0.15, 0.2) is 5.13 Å². The first-order chi connectivity index (χ1) is 20.7. The highest BCUT2D eigenvalue weighted by molar-refractivity contribution is 7.92. The second-order valence-electron chi connectivity index (χ2n) is 10.3. The van der Waals surface area contributed by atoms with Crippen LogP contribution in [0, 0.1) is 0 Å². The highest BCUT2D eigenvalue weighted by Crippen LogP contribution is 2.40. The molecule has 0 saturated carbocycles. The Hall–Kier alpha value is -4.18. The molecule has 2 atom stereocenters. The monoisotopic (exact) mass is 653 g/mol. The third-order valence-corrected chi connectivity index (χ3v) is 9.74. The molecule has 2 fully saturated rings. The molecule has 4 aromatic rings. The van der Waals surface area contributed by atoms with E-state index >= 15 is 0 Å². The van der Waals surface area contributed by atoms with Gasteiger partial charge in [-0.05, 0) is 48.9 Å². The molecule has 6 rings (SSSR count). The van der Waals surface area contributed by atoms with Gasteiger partial charge in [0.1, 0.15) is 4.90 Å². The molecule has 1 amide bonds. The lowest BCUT2D eigenvalue weighted by Gasteiger charge is -2.34. The fourth-order valence-corrected chi connectivity index (χ4v) is 7.31. The van der Waals surface area contributed by atoms with E-state index in [-0.39, 0.29) is 29.1 Å². The van der Waals surface area contributed by atoms with Crippen molar-refractivity contribution in [1.82, 2.24) is 14.9 Å². The number of alkyl halides is 6. The van der Waals surface area contributed by atoms with Gasteiger partial charge >= 0.3 is 12.4 Å². The van der Waals surface area contributed by atoms with Crippen molar-refractivity contribution in [1.29, 1.82) is 0 Å². The van der Waals surface area contributed by atoms with E-state index in [2.05, 4.69) is 14.7 Å². The predicted molar refractivity (Wildman–Crippen MR) is 150 cm³/mol. The van der Waals surface area contributed by atoms with E-state index in [1.165, 1.54) is 46.7 Å². The van der Waals surface area contributed by atoms with Crippen LogP contribution in [-0.4, -0.2) is 54.4 Å². The Labute approximate surface area is 251 Å². The number of fused-ring (bicyclic) bond motifs is 2. The van der Waals surface area contributed by atoms with Crippen molar-refractivity contribution in [2.45, 2.75) is 35.8 Å². The first-order valence-electron chi connectivity index (χ1n) is 13.1. The number of thiazole rings is 1. The van der Waals surface area contributed by atoms with Crippen LogP contribution in [0.25, 0.3) is 11.3 Å². The number of hydrogen-bond acceptors (Lipinski definition) is 7. The van der Waals surface area contributed by atoms with Gasteiger partial charge in [-0.15, -0.1) is 11.3 Å². The van der Waals surface area contributed by atoms with Crippen molar-refractivity contribution in [2.24, 2.45) is 0 Å². The number of amides is 1. The quantitative estimate of drug-likeness (QED) is 0.251. The number of rotatable bonds is 6. The molecule has 2 aromatic heterocycles. The largest absolute Gasteiger partial charge is 0.416 e. The molecule has 8 nitrogen and oxygen atoms in total. The third kappa shape index (κ3) is 5.70. The van der Waals surface area contributed by atoms with E-state index in [1.54, 1.807) is 5.38 Å². The van der Waals surface area contributed by atoms with Crippen LogP contribution in [0.2, 0.25) is 0 Å². The molecule has 2 bridgehead atoms. The highest BCUT2D eigenvalue weighted by atomic mass is 32.2. The van der Waals surface area contributed by atoms with Gasteiger partial charge < -0.3 is 9.80 Å². The van der Waals surface area contributed by atoms with Gasteiger partial charge in [0, 0.05) is 36.4 Å². The number of anilines is 2. The number of aromatic nitrogens is 2. The van der Waals surface area contributed by atoms with Crippen LogP contribution in [0.4, 0.5) is 37.2 Å². The Kier molecular flexibility index (Phi) is 7.31. The molecule has 1 N–H and O–H groups in total. The van der Waals surface area contributed by atoms with E-state index in [9.17, 15) is 39.6 Å². The number of hydrogen-bond donors (Lipinski definition) is 1. The summed E-state index contributed by atoms with van der Waals surface area (Å²) in [5.41, 5.74) is -1.60. The second-order valence-corrected chi connectivity index (χ2v) is 12.8. The molecular weight excluding hydrogens is 632 g/mol. The minimum atomic E-state index is -4.78. The maximum Gasteiger partial charge on any atom is 0.416 e. The molecule has 2 unspecified atom stereocenters. The number of piperazine rings is 1. The maximum absolute atomic E-state index is 13.7. The lowest BCUT2D eigenvalue weighted by atomic mass is 10.1. The summed E-state index contributed by atoms with van der Waals surface area (Å²) in [6, 6.07) is 9.06. The number of pyridine rings is 1. The van der Waals surface area contributed by atoms with Gasteiger partial charge in [0.25, 0.3) is 15.9 Å². The molecule has 4 heterocycles. The van der Waals surface area contributed by atoms with Crippen molar-refractivity contribution >= 4 is 38.1 Å². The number of likely N-dealkylation sites (tertiary alicyclic amines) is 1. The number of carbonyl (C=O) groups excluding carboxylic acids is 1. The first-order valence-corrected chi connectivity index (χ1v) is 15.4. The number of nitrogens with zero attached hydrogens (tertiary/aromatic N) is 4. The zero-order valence-corrected chi connectivity index (χ0v) is 23.9. The van der Waals surface area contributed by atoms with Crippen LogP contribution in [0.1, 0.15) is 27.9 Å². The van der Waals surface area contributed by atoms with E-state index in [0.29, 0.717) is 35.4 Å². The SMILES string of the molecule is O=C(c1ccc(C(F)(F)F)cc1NS(=O)(=O)c1cccnc1)N1CC2CC1CN2c1nc(-c2ccc(C(F)(F)F)cc2)cs1. The average molecular weight is 654 g/mol. The van der Waals surface area contributed by atoms with Gasteiger partial charge in [-0.1, -0.05) is 12.1 Å². The Morgan fingerprint density at radius 3 is 2.25 bits per heavy atom. The van der Waals surface area contributed by atoms with Crippen LogP contribution in [0.3, 0.4) is 0 Å². The summed E-state index contributed by atoms with van der Waals surface area (Å²) in [5, 5.41) is 2.36. The van der Waals surface area contributed by atoms with Crippen molar-refractivity contribution in [3.05, 3.63) is 89.1 Å². The minimum absolute atomic E-state index is 0.166. The standard InChI is InChI=1S/C28H21F6N5O3S2/c29-27(30,31)17-5-3-16(4-6-17)24-15-43-26(36-24)39-14-19-11-20(39)13-38(19)25(40)22-8-7-18(28(32,33)34)10-23(22)37-44(41,42)21-2-1-9-35-12-21/h1-10,12,15,19-20,37H,11,13-14H2. The molecule has 2 aliphatic heterocycles. The van der Waals surface area contributed by atoms with Crippen molar-refractivity contribution in [3.63, 3.8) is 0 Å². The summed E-state index contributed by atoms with van der Waals surface area (Å²) in [4.78, 5) is 25.2. The average Bonchev–Trinajstić information content (AvgIpc) is 3.73. The summed E-state index contributed by atoms with van der Waals surface area (Å²) in [6.07, 6.45) is -6.30. The molecule has 16 heteroatoms. The Morgan fingerprint density at radius 1 is 0.932 bits per heavy atom. The van der Waals surface area contributed by atoms with Crippen molar-refractivity contribution in [3.8, 4) is 11.3 Å². The molecule has 44 heavy (non-hydrogen) atoms. The van der Waals surface area contributed by atoms with Crippen molar-refractivity contribution in [2.75, 3.05) is 22.7 Å².